The van der Waals surface area contributed by atoms with Gasteiger partial charge in [0.25, 0.3) is 0 Å². The third kappa shape index (κ3) is 5.41. The second-order valence-electron chi connectivity index (χ2n) is 14.3. The molecule has 0 unspecified atom stereocenters. The highest BCUT2D eigenvalue weighted by Gasteiger charge is 2.19. The van der Waals surface area contributed by atoms with Crippen molar-refractivity contribution >= 4 is 94.5 Å². The van der Waals surface area contributed by atoms with E-state index in [2.05, 4.69) is 140 Å². The van der Waals surface area contributed by atoms with E-state index in [4.69, 9.17) is 15.0 Å². The first-order chi connectivity index (χ1) is 28.2. The summed E-state index contributed by atoms with van der Waals surface area (Å²) in [5.41, 5.74) is 7.89. The lowest BCUT2D eigenvalue weighted by Crippen LogP contribution is -1.99. The Bertz CT molecular complexity index is 3470. The van der Waals surface area contributed by atoms with Gasteiger partial charge >= 0.3 is 0 Å². The maximum atomic E-state index is 5.03. The highest BCUT2D eigenvalue weighted by Crippen LogP contribution is 2.47. The molecule has 0 fully saturated rings. The first kappa shape index (κ1) is 32.7. The second kappa shape index (κ2) is 13.0. The standard InChI is InChI=1S/C51H29N3S3/c1-3-12-30(13-4-1)49-52-50(31-14-5-2-6-15-31)54-51(53-49)33-23-25-39-46(29-33)56-44-21-11-18-35(47(39)44)34-26-40(48-41(27-34)37-17-8-10-20-43(37)57-48)32-22-24-38-36-16-7-9-19-42(36)55-45(38)28-32/h1-29H. The number of hydrogen-bond donors (Lipinski definition) is 0. The molecule has 12 aromatic rings. The first-order valence-electron chi connectivity index (χ1n) is 18.9. The van der Waals surface area contributed by atoms with Crippen LogP contribution in [0.15, 0.2) is 176 Å². The van der Waals surface area contributed by atoms with Crippen LogP contribution in [0.25, 0.3) is 117 Å². The Hall–Kier alpha value is -6.57. The fourth-order valence-corrected chi connectivity index (χ4v) is 11.8. The molecule has 0 amide bonds. The summed E-state index contributed by atoms with van der Waals surface area (Å²) in [5, 5.41) is 7.77. The van der Waals surface area contributed by atoms with Crippen LogP contribution in [0.3, 0.4) is 0 Å². The summed E-state index contributed by atoms with van der Waals surface area (Å²) in [5.74, 6) is 1.99. The van der Waals surface area contributed by atoms with Crippen molar-refractivity contribution in [2.75, 3.05) is 0 Å². The minimum absolute atomic E-state index is 0.664. The molecule has 0 saturated carbocycles. The van der Waals surface area contributed by atoms with Gasteiger partial charge in [0.2, 0.25) is 0 Å². The van der Waals surface area contributed by atoms with Gasteiger partial charge in [-0.3, -0.25) is 0 Å². The second-order valence-corrected chi connectivity index (χ2v) is 17.6. The monoisotopic (exact) mass is 779 g/mol. The molecule has 4 aromatic heterocycles. The lowest BCUT2D eigenvalue weighted by Gasteiger charge is -2.11. The summed E-state index contributed by atoms with van der Waals surface area (Å²) in [7, 11) is 0. The van der Waals surface area contributed by atoms with Gasteiger partial charge < -0.3 is 0 Å². The molecular weight excluding hydrogens is 751 g/mol. The predicted molar refractivity (Wildman–Crippen MR) is 246 cm³/mol. The van der Waals surface area contributed by atoms with Crippen LogP contribution in [0.2, 0.25) is 0 Å². The van der Waals surface area contributed by atoms with E-state index in [1.807, 2.05) is 70.4 Å². The third-order valence-corrected chi connectivity index (χ3v) is 14.4. The maximum absolute atomic E-state index is 5.03. The quantitative estimate of drug-likeness (QED) is 0.175. The lowest BCUT2D eigenvalue weighted by atomic mass is 9.93. The lowest BCUT2D eigenvalue weighted by molar-refractivity contribution is 1.07. The highest BCUT2D eigenvalue weighted by atomic mass is 32.1. The van der Waals surface area contributed by atoms with Crippen molar-refractivity contribution in [3.8, 4) is 56.4 Å². The van der Waals surface area contributed by atoms with Crippen LogP contribution in [0, 0.1) is 0 Å². The van der Waals surface area contributed by atoms with Gasteiger partial charge in [0.15, 0.2) is 17.5 Å². The van der Waals surface area contributed by atoms with E-state index in [-0.39, 0.29) is 0 Å². The van der Waals surface area contributed by atoms with Gasteiger partial charge in [-0.25, -0.2) is 15.0 Å². The zero-order valence-electron chi connectivity index (χ0n) is 30.3. The van der Waals surface area contributed by atoms with E-state index in [0.717, 1.165) is 16.7 Å². The van der Waals surface area contributed by atoms with Crippen LogP contribution >= 0.6 is 34.0 Å². The fraction of sp³-hybridized carbons (Fsp3) is 0. The van der Waals surface area contributed by atoms with E-state index >= 15 is 0 Å². The smallest absolute Gasteiger partial charge is 0.164 e. The zero-order chi connectivity index (χ0) is 37.5. The number of nitrogens with zero attached hydrogens (tertiary/aromatic N) is 3. The third-order valence-electron chi connectivity index (χ3n) is 10.9. The Morgan fingerprint density at radius 2 is 0.807 bits per heavy atom. The van der Waals surface area contributed by atoms with Gasteiger partial charge in [-0.1, -0.05) is 133 Å². The predicted octanol–water partition coefficient (Wildman–Crippen LogP) is 15.3. The van der Waals surface area contributed by atoms with Crippen LogP contribution in [0.5, 0.6) is 0 Å². The Kier molecular flexibility index (Phi) is 7.45. The van der Waals surface area contributed by atoms with Crippen molar-refractivity contribution < 1.29 is 0 Å². The molecule has 0 aliphatic heterocycles. The molecule has 0 N–H and O–H groups in total. The normalized spacial score (nSPS) is 11.9. The number of benzene rings is 8. The SMILES string of the molecule is c1ccc(-c2nc(-c3ccccc3)nc(-c3ccc4c(c3)sc3cccc(-c5cc(-c6ccc7c(c6)sc6ccccc67)c6sc7ccccc7c6c5)c34)n2)cc1. The minimum Gasteiger partial charge on any atom is -0.208 e. The molecule has 4 heterocycles. The number of hydrogen-bond acceptors (Lipinski definition) is 6. The molecule has 0 aliphatic carbocycles. The molecule has 3 nitrogen and oxygen atoms in total. The molecule has 0 saturated heterocycles. The van der Waals surface area contributed by atoms with Crippen LogP contribution in [0.4, 0.5) is 0 Å². The molecule has 0 bridgehead atoms. The highest BCUT2D eigenvalue weighted by molar-refractivity contribution is 7.27. The summed E-state index contributed by atoms with van der Waals surface area (Å²) in [6, 6.07) is 63.2. The Morgan fingerprint density at radius 3 is 1.54 bits per heavy atom. The van der Waals surface area contributed by atoms with Crippen molar-refractivity contribution in [1.29, 1.82) is 0 Å². The number of fused-ring (bicyclic) bond motifs is 9. The van der Waals surface area contributed by atoms with Crippen molar-refractivity contribution in [1.82, 2.24) is 15.0 Å². The van der Waals surface area contributed by atoms with Gasteiger partial charge in [-0.2, -0.15) is 0 Å². The van der Waals surface area contributed by atoms with Crippen molar-refractivity contribution in [3.05, 3.63) is 176 Å². The molecule has 0 radical (unpaired) electrons. The number of rotatable bonds is 5. The minimum atomic E-state index is 0.664. The Labute approximate surface area is 339 Å². The summed E-state index contributed by atoms with van der Waals surface area (Å²) in [6.07, 6.45) is 0. The van der Waals surface area contributed by atoms with E-state index in [1.165, 1.54) is 82.8 Å². The molecule has 0 spiro atoms. The fourth-order valence-electron chi connectivity index (χ4n) is 8.23. The van der Waals surface area contributed by atoms with Gasteiger partial charge in [-0.15, -0.1) is 34.0 Å². The van der Waals surface area contributed by atoms with E-state index in [0.29, 0.717) is 17.5 Å². The van der Waals surface area contributed by atoms with E-state index in [9.17, 15) is 0 Å². The van der Waals surface area contributed by atoms with Crippen molar-refractivity contribution in [2.24, 2.45) is 0 Å². The molecule has 6 heteroatoms. The molecule has 8 aromatic carbocycles. The van der Waals surface area contributed by atoms with Crippen LogP contribution in [0.1, 0.15) is 0 Å². The van der Waals surface area contributed by atoms with E-state index in [1.54, 1.807) is 0 Å². The van der Waals surface area contributed by atoms with Crippen molar-refractivity contribution in [3.63, 3.8) is 0 Å². The molecule has 57 heavy (non-hydrogen) atoms. The maximum Gasteiger partial charge on any atom is 0.164 e. The van der Waals surface area contributed by atoms with E-state index < -0.39 is 0 Å². The summed E-state index contributed by atoms with van der Waals surface area (Å²) in [4.78, 5) is 15.0. The van der Waals surface area contributed by atoms with Crippen molar-refractivity contribution in [2.45, 2.75) is 0 Å². The first-order valence-corrected chi connectivity index (χ1v) is 21.4. The molecule has 12 rings (SSSR count). The largest absolute Gasteiger partial charge is 0.208 e. The number of thiophene rings is 3. The average Bonchev–Trinajstić information content (AvgIpc) is 3.97. The number of aromatic nitrogens is 3. The molecule has 0 aliphatic rings. The van der Waals surface area contributed by atoms with Gasteiger partial charge in [-0.05, 0) is 59.2 Å². The summed E-state index contributed by atoms with van der Waals surface area (Å²) in [6.45, 7) is 0. The van der Waals surface area contributed by atoms with Gasteiger partial charge in [0.1, 0.15) is 0 Å². The van der Waals surface area contributed by atoms with Crippen LogP contribution in [-0.4, -0.2) is 15.0 Å². The van der Waals surface area contributed by atoms with Crippen LogP contribution < -0.4 is 0 Å². The Morgan fingerprint density at radius 1 is 0.281 bits per heavy atom. The van der Waals surface area contributed by atoms with Gasteiger partial charge in [0, 0.05) is 82.8 Å². The average molecular weight is 780 g/mol. The summed E-state index contributed by atoms with van der Waals surface area (Å²) >= 11 is 5.59. The zero-order valence-corrected chi connectivity index (χ0v) is 32.8. The van der Waals surface area contributed by atoms with Gasteiger partial charge in [0.05, 0.1) is 0 Å². The molecule has 266 valence electrons. The van der Waals surface area contributed by atoms with Crippen LogP contribution in [-0.2, 0) is 0 Å². The summed E-state index contributed by atoms with van der Waals surface area (Å²) < 4.78 is 7.75. The molecular formula is C51H29N3S3. The Balaban J connectivity index is 1.04. The topological polar surface area (TPSA) is 38.7 Å². The molecule has 0 atom stereocenters.